The van der Waals surface area contributed by atoms with Gasteiger partial charge in [-0.15, -0.1) is 0 Å². The molecule has 0 aliphatic heterocycles. The maximum absolute atomic E-state index is 14.4. The van der Waals surface area contributed by atoms with E-state index in [1.165, 1.54) is 6.07 Å². The van der Waals surface area contributed by atoms with Crippen molar-refractivity contribution in [3.8, 4) is 0 Å². The van der Waals surface area contributed by atoms with Crippen LogP contribution in [0.1, 0.15) is 41.8 Å². The lowest BCUT2D eigenvalue weighted by atomic mass is 9.95. The Bertz CT molecular complexity index is 944. The number of rotatable bonds is 7. The fourth-order valence-corrected chi connectivity index (χ4v) is 4.39. The molecule has 2 heterocycles. The van der Waals surface area contributed by atoms with Crippen molar-refractivity contribution in [3.05, 3.63) is 83.0 Å². The summed E-state index contributed by atoms with van der Waals surface area (Å²) in [6, 6.07) is 10.1. The van der Waals surface area contributed by atoms with Crippen LogP contribution in [0.25, 0.3) is 0 Å². The van der Waals surface area contributed by atoms with Crippen LogP contribution >= 0.6 is 0 Å². The number of pyridine rings is 1. The van der Waals surface area contributed by atoms with Gasteiger partial charge in [0.2, 0.25) is 0 Å². The first-order valence-corrected chi connectivity index (χ1v) is 10.1. The first-order chi connectivity index (χ1) is 14.1. The summed E-state index contributed by atoms with van der Waals surface area (Å²) in [6.45, 7) is 3.05. The highest BCUT2D eigenvalue weighted by Gasteiger charge is 2.33. The van der Waals surface area contributed by atoms with Gasteiger partial charge in [-0.05, 0) is 49.4 Å². The van der Waals surface area contributed by atoms with E-state index in [4.69, 9.17) is 4.52 Å². The predicted octanol–water partition coefficient (Wildman–Crippen LogP) is 5.07. The van der Waals surface area contributed by atoms with Crippen LogP contribution in [0.2, 0.25) is 0 Å². The van der Waals surface area contributed by atoms with E-state index in [1.54, 1.807) is 18.5 Å². The number of hydrogen-bond donors (Lipinski definition) is 0. The van der Waals surface area contributed by atoms with Gasteiger partial charge in [-0.25, -0.2) is 8.78 Å². The summed E-state index contributed by atoms with van der Waals surface area (Å²) in [5.74, 6) is 0.264. The van der Waals surface area contributed by atoms with Gasteiger partial charge in [-0.2, -0.15) is 0 Å². The van der Waals surface area contributed by atoms with Crippen LogP contribution in [0, 0.1) is 24.5 Å². The summed E-state index contributed by atoms with van der Waals surface area (Å²) < 4.78 is 33.2. The number of aromatic nitrogens is 2. The van der Waals surface area contributed by atoms with Gasteiger partial charge in [0.15, 0.2) is 0 Å². The van der Waals surface area contributed by atoms with Gasteiger partial charge in [-0.3, -0.25) is 9.88 Å². The van der Waals surface area contributed by atoms with Crippen LogP contribution in [0.4, 0.5) is 8.78 Å². The summed E-state index contributed by atoms with van der Waals surface area (Å²) in [7, 11) is 0. The number of nitrogens with zero attached hydrogens (tertiary/aromatic N) is 3. The van der Waals surface area contributed by atoms with Crippen molar-refractivity contribution in [1.29, 1.82) is 0 Å². The minimum atomic E-state index is -0.550. The summed E-state index contributed by atoms with van der Waals surface area (Å²) in [4.78, 5) is 6.40. The number of benzene rings is 1. The van der Waals surface area contributed by atoms with Gasteiger partial charge >= 0.3 is 0 Å². The van der Waals surface area contributed by atoms with Crippen LogP contribution in [0.3, 0.4) is 0 Å². The second kappa shape index (κ2) is 8.82. The van der Waals surface area contributed by atoms with Crippen LogP contribution in [0.5, 0.6) is 0 Å². The molecule has 4 nitrogen and oxygen atoms in total. The van der Waals surface area contributed by atoms with Gasteiger partial charge in [0.1, 0.15) is 17.4 Å². The summed E-state index contributed by atoms with van der Waals surface area (Å²) in [6.07, 6.45) is 7.64. The second-order valence-electron chi connectivity index (χ2n) is 7.89. The predicted molar refractivity (Wildman–Crippen MR) is 106 cm³/mol. The molecule has 0 bridgehead atoms. The summed E-state index contributed by atoms with van der Waals surface area (Å²) in [5, 5.41) is 4.00. The molecule has 2 aromatic heterocycles. The highest BCUT2D eigenvalue weighted by Crippen LogP contribution is 2.34. The lowest BCUT2D eigenvalue weighted by Gasteiger charge is -2.33. The Morgan fingerprint density at radius 3 is 2.62 bits per heavy atom. The fourth-order valence-electron chi connectivity index (χ4n) is 4.39. The number of halogens is 2. The van der Waals surface area contributed by atoms with E-state index in [1.807, 2.05) is 25.1 Å². The molecule has 2 atom stereocenters. The molecular weight excluding hydrogens is 372 g/mol. The first-order valence-electron chi connectivity index (χ1n) is 10.1. The molecular formula is C23H25F2N3O. The highest BCUT2D eigenvalue weighted by molar-refractivity contribution is 5.19. The van der Waals surface area contributed by atoms with E-state index in [-0.39, 0.29) is 6.04 Å². The average Bonchev–Trinajstić information content (AvgIpc) is 3.33. The molecule has 0 N–H and O–H groups in total. The summed E-state index contributed by atoms with van der Waals surface area (Å²) >= 11 is 0. The Labute approximate surface area is 169 Å². The average molecular weight is 397 g/mol. The van der Waals surface area contributed by atoms with Crippen LogP contribution in [-0.4, -0.2) is 21.1 Å². The SMILES string of the molecule is Cc1cc(C[C@@H]2CCC[C@H]2N(Cc2ccncc2)Cc2ccc(F)cc2F)on1. The molecule has 1 saturated carbocycles. The van der Waals surface area contributed by atoms with Gasteiger partial charge in [-0.1, -0.05) is 17.6 Å². The molecule has 0 amide bonds. The van der Waals surface area contributed by atoms with E-state index in [0.29, 0.717) is 24.6 Å². The first kappa shape index (κ1) is 19.7. The molecule has 29 heavy (non-hydrogen) atoms. The molecule has 152 valence electrons. The maximum Gasteiger partial charge on any atom is 0.137 e. The van der Waals surface area contributed by atoms with Crippen molar-refractivity contribution in [2.75, 3.05) is 0 Å². The molecule has 1 aliphatic rings. The monoisotopic (exact) mass is 397 g/mol. The molecule has 3 aromatic rings. The summed E-state index contributed by atoms with van der Waals surface area (Å²) in [5.41, 5.74) is 2.53. The van der Waals surface area contributed by atoms with Crippen molar-refractivity contribution >= 4 is 0 Å². The lowest BCUT2D eigenvalue weighted by molar-refractivity contribution is 0.137. The highest BCUT2D eigenvalue weighted by atomic mass is 19.1. The molecule has 1 aromatic carbocycles. The Balaban J connectivity index is 1.57. The molecule has 0 radical (unpaired) electrons. The Morgan fingerprint density at radius 1 is 1.07 bits per heavy atom. The van der Waals surface area contributed by atoms with Crippen molar-refractivity contribution in [1.82, 2.24) is 15.0 Å². The third-order valence-electron chi connectivity index (χ3n) is 5.75. The van der Waals surface area contributed by atoms with Crippen LogP contribution < -0.4 is 0 Å². The van der Waals surface area contributed by atoms with Crippen LogP contribution in [-0.2, 0) is 19.5 Å². The standard InChI is InChI=1S/C23H25F2N3O/c1-16-11-21(29-27-16)12-18-3-2-4-23(18)28(14-17-7-9-26-10-8-17)15-19-5-6-20(24)13-22(19)25/h5-11,13,18,23H,2-4,12,14-15H2,1H3/t18-,23+/m0/s1. The smallest absolute Gasteiger partial charge is 0.137 e. The number of hydrogen-bond acceptors (Lipinski definition) is 4. The molecule has 0 saturated heterocycles. The number of aryl methyl sites for hydroxylation is 1. The minimum absolute atomic E-state index is 0.290. The lowest BCUT2D eigenvalue weighted by Crippen LogP contribution is -2.38. The van der Waals surface area contributed by atoms with Crippen molar-refractivity contribution < 1.29 is 13.3 Å². The molecule has 6 heteroatoms. The van der Waals surface area contributed by atoms with Gasteiger partial charge < -0.3 is 4.52 Å². The third-order valence-corrected chi connectivity index (χ3v) is 5.75. The van der Waals surface area contributed by atoms with E-state index in [2.05, 4.69) is 15.0 Å². The third kappa shape index (κ3) is 4.88. The second-order valence-corrected chi connectivity index (χ2v) is 7.89. The molecule has 0 spiro atoms. The van der Waals surface area contributed by atoms with E-state index >= 15 is 0 Å². The minimum Gasteiger partial charge on any atom is -0.361 e. The van der Waals surface area contributed by atoms with Crippen LogP contribution in [0.15, 0.2) is 53.3 Å². The Hall–Kier alpha value is -2.60. The molecule has 1 aliphatic carbocycles. The topological polar surface area (TPSA) is 42.2 Å². The zero-order valence-corrected chi connectivity index (χ0v) is 16.5. The van der Waals surface area contributed by atoms with Crippen molar-refractivity contribution in [2.45, 2.75) is 51.7 Å². The van der Waals surface area contributed by atoms with E-state index < -0.39 is 11.6 Å². The van der Waals surface area contributed by atoms with E-state index in [0.717, 1.165) is 48.8 Å². The van der Waals surface area contributed by atoms with Gasteiger partial charge in [0.05, 0.1) is 5.69 Å². The van der Waals surface area contributed by atoms with Crippen molar-refractivity contribution in [3.63, 3.8) is 0 Å². The molecule has 0 unspecified atom stereocenters. The molecule has 4 rings (SSSR count). The quantitative estimate of drug-likeness (QED) is 0.558. The maximum atomic E-state index is 14.4. The Kier molecular flexibility index (Phi) is 6.00. The largest absolute Gasteiger partial charge is 0.361 e. The zero-order valence-electron chi connectivity index (χ0n) is 16.5. The Morgan fingerprint density at radius 2 is 1.90 bits per heavy atom. The van der Waals surface area contributed by atoms with Crippen molar-refractivity contribution in [2.24, 2.45) is 5.92 Å². The normalized spacial score (nSPS) is 19.2. The molecule has 1 fully saturated rings. The van der Waals surface area contributed by atoms with E-state index in [9.17, 15) is 8.78 Å². The van der Waals surface area contributed by atoms with Gasteiger partial charge in [0, 0.05) is 55.6 Å². The fraction of sp³-hybridized carbons (Fsp3) is 0.391. The zero-order chi connectivity index (χ0) is 20.2. The van der Waals surface area contributed by atoms with Gasteiger partial charge in [0.25, 0.3) is 0 Å².